The van der Waals surface area contributed by atoms with Crippen LogP contribution in [0.1, 0.15) is 37.5 Å². The van der Waals surface area contributed by atoms with E-state index in [0.29, 0.717) is 4.70 Å². The van der Waals surface area contributed by atoms with Gasteiger partial charge in [0.25, 0.3) is 0 Å². The Balaban J connectivity index is 1.83. The summed E-state index contributed by atoms with van der Waals surface area (Å²) in [5.74, 6) is 0. The van der Waals surface area contributed by atoms with Crippen LogP contribution in [0.4, 0.5) is 13.2 Å². The molecular formula is C27H22F3NS. The lowest BCUT2D eigenvalue weighted by molar-refractivity contribution is -0.137. The summed E-state index contributed by atoms with van der Waals surface area (Å²) in [7, 11) is 0. The van der Waals surface area contributed by atoms with Gasteiger partial charge < -0.3 is 0 Å². The topological polar surface area (TPSA) is 12.9 Å². The van der Waals surface area contributed by atoms with Crippen LogP contribution >= 0.6 is 11.3 Å². The molecule has 32 heavy (non-hydrogen) atoms. The molecule has 0 aliphatic heterocycles. The zero-order chi connectivity index (χ0) is 22.8. The lowest BCUT2D eigenvalue weighted by Crippen LogP contribution is -2.12. The molecule has 0 radical (unpaired) electrons. The molecule has 5 heteroatoms. The maximum absolute atomic E-state index is 13.5. The van der Waals surface area contributed by atoms with Crippen molar-refractivity contribution in [2.45, 2.75) is 39.3 Å². The van der Waals surface area contributed by atoms with Crippen molar-refractivity contribution < 1.29 is 13.2 Å². The molecule has 0 N–H and O–H groups in total. The number of halogens is 3. The fourth-order valence-electron chi connectivity index (χ4n) is 4.48. The number of hydrogen-bond acceptors (Lipinski definition) is 2. The third kappa shape index (κ3) is 3.27. The highest BCUT2D eigenvalue weighted by molar-refractivity contribution is 7.26. The molecule has 1 nitrogen and oxygen atoms in total. The molecule has 2 aromatic heterocycles. The first-order valence-corrected chi connectivity index (χ1v) is 11.3. The Morgan fingerprint density at radius 1 is 0.781 bits per heavy atom. The second kappa shape index (κ2) is 7.04. The summed E-state index contributed by atoms with van der Waals surface area (Å²) in [5.41, 5.74) is 2.65. The van der Waals surface area contributed by atoms with Gasteiger partial charge in [0.1, 0.15) is 0 Å². The first kappa shape index (κ1) is 21.0. The largest absolute Gasteiger partial charge is 0.416 e. The Hall–Kier alpha value is -2.92. The Bertz CT molecular complexity index is 1500. The Morgan fingerprint density at radius 3 is 2.22 bits per heavy atom. The van der Waals surface area contributed by atoms with Crippen LogP contribution in [0.3, 0.4) is 0 Å². The van der Waals surface area contributed by atoms with Crippen LogP contribution < -0.4 is 0 Å². The number of rotatable bonds is 1. The number of alkyl halides is 3. The molecule has 5 aromatic rings. The fourth-order valence-corrected chi connectivity index (χ4v) is 5.79. The summed E-state index contributed by atoms with van der Waals surface area (Å²) in [6.07, 6.45) is -2.61. The van der Waals surface area contributed by atoms with Crippen LogP contribution in [0.15, 0.2) is 60.8 Å². The summed E-state index contributed by atoms with van der Waals surface area (Å²) in [6, 6.07) is 17.3. The predicted molar refractivity (Wildman–Crippen MR) is 129 cm³/mol. The van der Waals surface area contributed by atoms with Crippen molar-refractivity contribution in [3.05, 3.63) is 77.5 Å². The molecule has 0 bridgehead atoms. The minimum absolute atomic E-state index is 0.0676. The number of pyridine rings is 1. The highest BCUT2D eigenvalue weighted by atomic mass is 32.1. The molecule has 5 rings (SSSR count). The van der Waals surface area contributed by atoms with Crippen molar-refractivity contribution in [2.75, 3.05) is 0 Å². The molecular weight excluding hydrogens is 427 g/mol. The Morgan fingerprint density at radius 2 is 1.50 bits per heavy atom. The number of aryl methyl sites for hydroxylation is 1. The quantitative estimate of drug-likeness (QED) is 0.249. The van der Waals surface area contributed by atoms with Crippen molar-refractivity contribution in [1.29, 1.82) is 0 Å². The average Bonchev–Trinajstić information content (AvgIpc) is 3.11. The van der Waals surface area contributed by atoms with Gasteiger partial charge in [-0.25, -0.2) is 0 Å². The van der Waals surface area contributed by atoms with E-state index in [-0.39, 0.29) is 11.0 Å². The van der Waals surface area contributed by atoms with E-state index in [4.69, 9.17) is 4.98 Å². The first-order valence-electron chi connectivity index (χ1n) is 10.5. The highest BCUT2D eigenvalue weighted by Crippen LogP contribution is 2.44. The number of hydrogen-bond donors (Lipinski definition) is 0. The maximum Gasteiger partial charge on any atom is 0.416 e. The lowest BCUT2D eigenvalue weighted by Gasteiger charge is -2.22. The van der Waals surface area contributed by atoms with Crippen molar-refractivity contribution in [3.8, 4) is 11.3 Å². The van der Waals surface area contributed by atoms with Gasteiger partial charge in [0.05, 0.1) is 16.0 Å². The zero-order valence-corrected chi connectivity index (χ0v) is 19.1. The van der Waals surface area contributed by atoms with Crippen LogP contribution in [0.25, 0.3) is 42.2 Å². The molecule has 0 fully saturated rings. The van der Waals surface area contributed by atoms with E-state index in [1.807, 2.05) is 18.2 Å². The number of fused-ring (bicyclic) bond motifs is 4. The van der Waals surface area contributed by atoms with Gasteiger partial charge in [0.2, 0.25) is 0 Å². The second-order valence-electron chi connectivity index (χ2n) is 9.25. The van der Waals surface area contributed by atoms with Gasteiger partial charge in [-0.15, -0.1) is 11.3 Å². The minimum Gasteiger partial charge on any atom is -0.255 e. The normalized spacial score (nSPS) is 12.8. The molecule has 0 aliphatic rings. The van der Waals surface area contributed by atoms with Gasteiger partial charge in [-0.2, -0.15) is 13.2 Å². The van der Waals surface area contributed by atoms with Gasteiger partial charge in [-0.1, -0.05) is 51.1 Å². The van der Waals surface area contributed by atoms with Gasteiger partial charge in [-0.3, -0.25) is 4.98 Å². The van der Waals surface area contributed by atoms with Crippen LogP contribution in [-0.4, -0.2) is 4.98 Å². The molecule has 0 unspecified atom stereocenters. The summed E-state index contributed by atoms with van der Waals surface area (Å²) < 4.78 is 42.0. The van der Waals surface area contributed by atoms with E-state index < -0.39 is 11.7 Å². The third-order valence-electron chi connectivity index (χ3n) is 6.05. The van der Waals surface area contributed by atoms with Gasteiger partial charge >= 0.3 is 6.18 Å². The fraction of sp³-hybridized carbons (Fsp3) is 0.222. The highest BCUT2D eigenvalue weighted by Gasteiger charge is 2.33. The first-order chi connectivity index (χ1) is 15.1. The van der Waals surface area contributed by atoms with Crippen molar-refractivity contribution >= 4 is 42.3 Å². The molecule has 3 aromatic carbocycles. The van der Waals surface area contributed by atoms with Crippen molar-refractivity contribution in [2.24, 2.45) is 0 Å². The van der Waals surface area contributed by atoms with E-state index in [1.165, 1.54) is 28.4 Å². The zero-order valence-electron chi connectivity index (χ0n) is 18.3. The summed E-state index contributed by atoms with van der Waals surface area (Å²) in [5, 5.41) is 4.12. The van der Waals surface area contributed by atoms with Crippen molar-refractivity contribution in [1.82, 2.24) is 4.98 Å². The van der Waals surface area contributed by atoms with E-state index >= 15 is 0 Å². The van der Waals surface area contributed by atoms with Crippen molar-refractivity contribution in [3.63, 3.8) is 0 Å². The number of thiophene rings is 1. The Labute approximate surface area is 188 Å². The molecule has 0 spiro atoms. The Kier molecular flexibility index (Phi) is 4.61. The average molecular weight is 450 g/mol. The molecule has 0 amide bonds. The molecule has 162 valence electrons. The molecule has 0 saturated carbocycles. The van der Waals surface area contributed by atoms with Crippen LogP contribution in [0, 0.1) is 6.92 Å². The van der Waals surface area contributed by atoms with Crippen LogP contribution in [0.5, 0.6) is 0 Å². The van der Waals surface area contributed by atoms with Gasteiger partial charge in [-0.05, 0) is 58.5 Å². The predicted octanol–water partition coefficient (Wildman–Crippen LogP) is 8.89. The number of nitrogens with zero attached hydrogens (tertiary/aromatic N) is 1. The van der Waals surface area contributed by atoms with Crippen LogP contribution in [0.2, 0.25) is 0 Å². The lowest BCUT2D eigenvalue weighted by atomic mass is 9.82. The SMILES string of the molecule is Cc1c(C(F)(F)F)ccc2c1sc1c(-c3cc(C(C)(C)C)c4ccccc4c3)nccc12. The number of aromatic nitrogens is 1. The second-order valence-corrected chi connectivity index (χ2v) is 10.3. The third-order valence-corrected chi connectivity index (χ3v) is 7.40. The minimum atomic E-state index is -4.37. The maximum atomic E-state index is 13.5. The van der Waals surface area contributed by atoms with E-state index in [9.17, 15) is 13.2 Å². The van der Waals surface area contributed by atoms with E-state index in [2.05, 4.69) is 45.0 Å². The summed E-state index contributed by atoms with van der Waals surface area (Å²) in [4.78, 5) is 4.69. The molecule has 2 heterocycles. The molecule has 0 atom stereocenters. The van der Waals surface area contributed by atoms with E-state index in [1.54, 1.807) is 19.2 Å². The summed E-state index contributed by atoms with van der Waals surface area (Å²) >= 11 is 1.40. The molecule has 0 aliphatic carbocycles. The van der Waals surface area contributed by atoms with E-state index in [0.717, 1.165) is 32.1 Å². The van der Waals surface area contributed by atoms with Crippen LogP contribution in [-0.2, 0) is 11.6 Å². The van der Waals surface area contributed by atoms with Gasteiger partial charge in [0, 0.05) is 27.2 Å². The smallest absolute Gasteiger partial charge is 0.255 e. The number of benzene rings is 3. The van der Waals surface area contributed by atoms with Gasteiger partial charge in [0.15, 0.2) is 0 Å². The monoisotopic (exact) mass is 449 g/mol. The molecule has 0 saturated heterocycles. The standard InChI is InChI=1S/C27H22F3NS/c1-15-21(27(28,29)30)10-9-19-20-11-12-31-23(25(20)32-24(15)19)17-13-16-7-5-6-8-18(16)22(14-17)26(2,3)4/h5-14H,1-4H3. The summed E-state index contributed by atoms with van der Waals surface area (Å²) in [6.45, 7) is 8.12.